The lowest BCUT2D eigenvalue weighted by atomic mass is 10.3. The van der Waals surface area contributed by atoms with E-state index in [0.29, 0.717) is 10.7 Å². The molecule has 6 heteroatoms. The summed E-state index contributed by atoms with van der Waals surface area (Å²) in [7, 11) is -3.74. The molecule has 18 heavy (non-hydrogen) atoms. The van der Waals surface area contributed by atoms with Gasteiger partial charge in [-0.25, -0.2) is 0 Å². The molecular formula is C12H9ClN2O2S. The maximum absolute atomic E-state index is 11.8. The Morgan fingerprint density at radius 2 is 1.50 bits per heavy atom. The molecule has 0 aliphatic carbocycles. The Bertz CT molecular complexity index is 652. The van der Waals surface area contributed by atoms with E-state index in [9.17, 15) is 8.42 Å². The van der Waals surface area contributed by atoms with Crippen LogP contribution in [0.1, 0.15) is 0 Å². The summed E-state index contributed by atoms with van der Waals surface area (Å²) in [4.78, 5) is 0.114. The quantitative estimate of drug-likeness (QED) is 0.803. The maximum Gasteiger partial charge on any atom is 0.299 e. The molecule has 2 aromatic carbocycles. The highest BCUT2D eigenvalue weighted by Gasteiger charge is 2.11. The van der Waals surface area contributed by atoms with Gasteiger partial charge >= 0.3 is 0 Å². The van der Waals surface area contributed by atoms with Crippen molar-refractivity contribution in [2.75, 3.05) is 0 Å². The molecule has 0 N–H and O–H groups in total. The highest BCUT2D eigenvalue weighted by atomic mass is 35.5. The van der Waals surface area contributed by atoms with E-state index in [4.69, 9.17) is 11.6 Å². The molecule has 92 valence electrons. The van der Waals surface area contributed by atoms with E-state index in [1.165, 1.54) is 12.1 Å². The molecule has 2 aromatic rings. The van der Waals surface area contributed by atoms with Crippen molar-refractivity contribution in [1.82, 2.24) is 0 Å². The summed E-state index contributed by atoms with van der Waals surface area (Å²) in [5.41, 5.74) is 0.430. The van der Waals surface area contributed by atoms with E-state index in [1.54, 1.807) is 42.5 Å². The van der Waals surface area contributed by atoms with Crippen LogP contribution in [-0.4, -0.2) is 8.42 Å². The largest absolute Gasteiger partial charge is 0.299 e. The van der Waals surface area contributed by atoms with Crippen molar-refractivity contribution in [2.45, 2.75) is 4.90 Å². The van der Waals surface area contributed by atoms with E-state index in [1.807, 2.05) is 0 Å². The first kappa shape index (κ1) is 12.7. The van der Waals surface area contributed by atoms with Crippen molar-refractivity contribution in [1.29, 1.82) is 0 Å². The number of sulfonamides is 1. The second kappa shape index (κ2) is 5.29. The third-order valence-electron chi connectivity index (χ3n) is 2.13. The van der Waals surface area contributed by atoms with Crippen molar-refractivity contribution in [3.63, 3.8) is 0 Å². The smallest absolute Gasteiger partial charge is 0.198 e. The van der Waals surface area contributed by atoms with Crippen molar-refractivity contribution in [3.8, 4) is 0 Å². The minimum Gasteiger partial charge on any atom is -0.198 e. The monoisotopic (exact) mass is 280 g/mol. The molecule has 0 aromatic heterocycles. The van der Waals surface area contributed by atoms with Gasteiger partial charge in [0.05, 0.1) is 10.6 Å². The molecule has 0 bridgehead atoms. The maximum atomic E-state index is 11.8. The van der Waals surface area contributed by atoms with Crippen LogP contribution in [0.4, 0.5) is 5.69 Å². The van der Waals surface area contributed by atoms with E-state index < -0.39 is 10.0 Å². The van der Waals surface area contributed by atoms with E-state index in [0.717, 1.165) is 0 Å². The third kappa shape index (κ3) is 3.15. The standard InChI is InChI=1S/C12H9ClN2O2S/c13-10-6-8-11(9-7-10)14-15-18(16,17)12-4-2-1-3-5-12/h1-9H. The molecule has 0 amide bonds. The molecule has 0 heterocycles. The Hall–Kier alpha value is -1.72. The van der Waals surface area contributed by atoms with Crippen molar-refractivity contribution in [3.05, 3.63) is 59.6 Å². The van der Waals surface area contributed by atoms with Crippen molar-refractivity contribution >= 4 is 27.3 Å². The number of hydrogen-bond acceptors (Lipinski definition) is 3. The van der Waals surface area contributed by atoms with Gasteiger partial charge in [0.25, 0.3) is 10.0 Å². The molecule has 0 fully saturated rings. The van der Waals surface area contributed by atoms with Gasteiger partial charge in [0.2, 0.25) is 0 Å². The summed E-state index contributed by atoms with van der Waals surface area (Å²) in [6.07, 6.45) is 0. The minimum atomic E-state index is -3.74. The first-order valence-electron chi connectivity index (χ1n) is 5.06. The van der Waals surface area contributed by atoms with Crippen LogP contribution in [0.25, 0.3) is 0 Å². The molecule has 0 saturated carbocycles. The summed E-state index contributed by atoms with van der Waals surface area (Å²) in [6.45, 7) is 0. The summed E-state index contributed by atoms with van der Waals surface area (Å²) >= 11 is 5.71. The summed E-state index contributed by atoms with van der Waals surface area (Å²) in [6, 6.07) is 14.3. The average Bonchev–Trinajstić information content (AvgIpc) is 2.39. The molecule has 0 aliphatic rings. The van der Waals surface area contributed by atoms with Gasteiger partial charge in [0.15, 0.2) is 0 Å². The molecule has 0 aliphatic heterocycles. The summed E-state index contributed by atoms with van der Waals surface area (Å²) < 4.78 is 27.0. The topological polar surface area (TPSA) is 58.9 Å². The van der Waals surface area contributed by atoms with Gasteiger partial charge in [-0.05, 0) is 36.4 Å². The lowest BCUT2D eigenvalue weighted by Crippen LogP contribution is -1.94. The van der Waals surface area contributed by atoms with Crippen LogP contribution in [0.5, 0.6) is 0 Å². The first-order chi connectivity index (χ1) is 8.58. The average molecular weight is 281 g/mol. The fraction of sp³-hybridized carbons (Fsp3) is 0. The van der Waals surface area contributed by atoms with Crippen LogP contribution in [0, 0.1) is 0 Å². The molecular weight excluding hydrogens is 272 g/mol. The van der Waals surface area contributed by atoms with Crippen LogP contribution in [0.2, 0.25) is 5.02 Å². The molecule has 2 rings (SSSR count). The van der Waals surface area contributed by atoms with Crippen molar-refractivity contribution in [2.24, 2.45) is 9.63 Å². The lowest BCUT2D eigenvalue weighted by molar-refractivity contribution is 0.595. The predicted octanol–water partition coefficient (Wildman–Crippen LogP) is 3.81. The second-order valence-corrected chi connectivity index (χ2v) is 5.47. The van der Waals surface area contributed by atoms with Gasteiger partial charge in [0, 0.05) is 5.02 Å². The highest BCUT2D eigenvalue weighted by molar-refractivity contribution is 7.90. The Labute approximate surface area is 110 Å². The Balaban J connectivity index is 2.26. The zero-order chi connectivity index (χ0) is 13.0. The van der Waals surface area contributed by atoms with Gasteiger partial charge in [-0.2, -0.15) is 8.42 Å². The van der Waals surface area contributed by atoms with Gasteiger partial charge < -0.3 is 0 Å². The van der Waals surface area contributed by atoms with Gasteiger partial charge in [-0.3, -0.25) is 0 Å². The molecule has 0 unspecified atom stereocenters. The zero-order valence-electron chi connectivity index (χ0n) is 9.19. The van der Waals surface area contributed by atoms with Crippen LogP contribution < -0.4 is 0 Å². The Kier molecular flexibility index (Phi) is 3.74. The van der Waals surface area contributed by atoms with E-state index in [-0.39, 0.29) is 4.90 Å². The van der Waals surface area contributed by atoms with Crippen LogP contribution >= 0.6 is 11.6 Å². The molecule has 0 atom stereocenters. The fourth-order valence-electron chi connectivity index (χ4n) is 1.25. The summed E-state index contributed by atoms with van der Waals surface area (Å²) in [5, 5.41) is 4.23. The van der Waals surface area contributed by atoms with E-state index in [2.05, 4.69) is 9.63 Å². The molecule has 0 spiro atoms. The number of nitrogens with zero attached hydrogens (tertiary/aromatic N) is 2. The number of hydrogen-bond donors (Lipinski definition) is 0. The number of halogens is 1. The zero-order valence-corrected chi connectivity index (χ0v) is 10.8. The third-order valence-corrected chi connectivity index (χ3v) is 3.55. The van der Waals surface area contributed by atoms with Gasteiger partial charge in [-0.15, -0.1) is 5.11 Å². The highest BCUT2D eigenvalue weighted by Crippen LogP contribution is 2.19. The first-order valence-corrected chi connectivity index (χ1v) is 6.88. The summed E-state index contributed by atoms with van der Waals surface area (Å²) in [5.74, 6) is 0. The minimum absolute atomic E-state index is 0.114. The van der Waals surface area contributed by atoms with Gasteiger partial charge in [-0.1, -0.05) is 34.3 Å². The van der Waals surface area contributed by atoms with E-state index >= 15 is 0 Å². The molecule has 4 nitrogen and oxygen atoms in total. The van der Waals surface area contributed by atoms with Gasteiger partial charge in [0.1, 0.15) is 0 Å². The predicted molar refractivity (Wildman–Crippen MR) is 69.6 cm³/mol. The fourth-order valence-corrected chi connectivity index (χ4v) is 2.17. The lowest BCUT2D eigenvalue weighted by Gasteiger charge is -1.96. The van der Waals surface area contributed by atoms with Crippen molar-refractivity contribution < 1.29 is 8.42 Å². The van der Waals surface area contributed by atoms with Crippen LogP contribution in [-0.2, 0) is 10.0 Å². The molecule has 0 radical (unpaired) electrons. The second-order valence-electron chi connectivity index (χ2n) is 3.45. The Morgan fingerprint density at radius 1 is 0.889 bits per heavy atom. The van der Waals surface area contributed by atoms with Crippen LogP contribution in [0.15, 0.2) is 69.1 Å². The number of benzene rings is 2. The number of rotatable bonds is 3. The Morgan fingerprint density at radius 3 is 2.11 bits per heavy atom. The SMILES string of the molecule is O=S(=O)(N=Nc1ccc(Cl)cc1)c1ccccc1. The normalized spacial score (nSPS) is 11.8. The van der Waals surface area contributed by atoms with Crippen LogP contribution in [0.3, 0.4) is 0 Å². The molecule has 0 saturated heterocycles.